The van der Waals surface area contributed by atoms with Crippen molar-refractivity contribution < 1.29 is 5.03 Å². The molecule has 1 rings (SSSR count). The molecule has 7 nitrogen and oxygen atoms in total. The summed E-state index contributed by atoms with van der Waals surface area (Å²) in [7, 11) is 0. The smallest absolute Gasteiger partial charge is 0.266 e. The molecule has 0 aliphatic rings. The summed E-state index contributed by atoms with van der Waals surface area (Å²) < 4.78 is 0. The van der Waals surface area contributed by atoms with Gasteiger partial charge >= 0.3 is 0 Å². The SMILES string of the molecule is NC(=N[N+](=O)[O-])NCc1cncs1. The van der Waals surface area contributed by atoms with E-state index >= 15 is 0 Å². The Hall–Kier alpha value is -1.70. The van der Waals surface area contributed by atoms with Gasteiger partial charge in [-0.3, -0.25) is 4.98 Å². The highest BCUT2D eigenvalue weighted by Gasteiger charge is 1.99. The fourth-order valence-corrected chi connectivity index (χ4v) is 1.16. The van der Waals surface area contributed by atoms with Crippen LogP contribution in [-0.2, 0) is 6.54 Å². The van der Waals surface area contributed by atoms with E-state index in [0.717, 1.165) is 4.88 Å². The zero-order chi connectivity index (χ0) is 9.68. The number of nitrogens with zero attached hydrogens (tertiary/aromatic N) is 3. The highest BCUT2D eigenvalue weighted by Crippen LogP contribution is 2.03. The van der Waals surface area contributed by atoms with Crippen LogP contribution in [0.1, 0.15) is 4.88 Å². The Balaban J connectivity index is 2.39. The van der Waals surface area contributed by atoms with Gasteiger partial charge in [0.2, 0.25) is 0 Å². The molecule has 0 spiro atoms. The van der Waals surface area contributed by atoms with E-state index in [1.165, 1.54) is 11.3 Å². The Morgan fingerprint density at radius 1 is 1.92 bits per heavy atom. The third kappa shape index (κ3) is 3.47. The van der Waals surface area contributed by atoms with Gasteiger partial charge in [-0.05, 0) is 0 Å². The minimum absolute atomic E-state index is 0.210. The van der Waals surface area contributed by atoms with Crippen molar-refractivity contribution in [3.63, 3.8) is 0 Å². The largest absolute Gasteiger partial charge is 0.365 e. The molecule has 0 fully saturated rings. The molecule has 1 aromatic heterocycles. The third-order valence-corrected chi connectivity index (χ3v) is 1.90. The predicted molar refractivity (Wildman–Crippen MR) is 47.6 cm³/mol. The second kappa shape index (κ2) is 4.36. The van der Waals surface area contributed by atoms with Crippen molar-refractivity contribution in [2.45, 2.75) is 6.54 Å². The summed E-state index contributed by atoms with van der Waals surface area (Å²) in [5.41, 5.74) is 6.84. The summed E-state index contributed by atoms with van der Waals surface area (Å²) in [6.07, 6.45) is 1.65. The van der Waals surface area contributed by atoms with E-state index < -0.39 is 5.03 Å². The van der Waals surface area contributed by atoms with Crippen molar-refractivity contribution in [1.82, 2.24) is 10.3 Å². The molecule has 0 saturated heterocycles. The second-order valence-corrected chi connectivity index (χ2v) is 3.02. The van der Waals surface area contributed by atoms with Crippen LogP contribution in [0, 0.1) is 10.1 Å². The molecule has 0 radical (unpaired) electrons. The van der Waals surface area contributed by atoms with E-state index in [1.54, 1.807) is 11.7 Å². The molecule has 8 heteroatoms. The summed E-state index contributed by atoms with van der Waals surface area (Å²) >= 11 is 1.43. The Kier molecular flexibility index (Phi) is 3.15. The summed E-state index contributed by atoms with van der Waals surface area (Å²) in [5, 5.41) is 14.4. The van der Waals surface area contributed by atoms with Crippen LogP contribution < -0.4 is 11.1 Å². The van der Waals surface area contributed by atoms with E-state index in [4.69, 9.17) is 5.73 Å². The summed E-state index contributed by atoms with van der Waals surface area (Å²) in [6, 6.07) is 0. The molecule has 1 aromatic rings. The summed E-state index contributed by atoms with van der Waals surface area (Å²) in [6.45, 7) is 0.397. The maximum absolute atomic E-state index is 9.86. The Morgan fingerprint density at radius 2 is 2.69 bits per heavy atom. The first-order valence-corrected chi connectivity index (χ1v) is 4.16. The minimum Gasteiger partial charge on any atom is -0.365 e. The Morgan fingerprint density at radius 3 is 3.23 bits per heavy atom. The fraction of sp³-hybridized carbons (Fsp3) is 0.200. The maximum atomic E-state index is 9.86. The van der Waals surface area contributed by atoms with Crippen LogP contribution >= 0.6 is 11.3 Å². The predicted octanol–water partition coefficient (Wildman–Crippen LogP) is -0.261. The lowest BCUT2D eigenvalue weighted by molar-refractivity contribution is -0.485. The zero-order valence-electron chi connectivity index (χ0n) is 6.51. The molecule has 1 heterocycles. The van der Waals surface area contributed by atoms with Crippen molar-refractivity contribution >= 4 is 17.3 Å². The van der Waals surface area contributed by atoms with Crippen molar-refractivity contribution in [3.8, 4) is 0 Å². The number of nitrogens with two attached hydrogens (primary N) is 1. The average Bonchev–Trinajstić information content (AvgIpc) is 2.51. The number of nitro groups is 1. The van der Waals surface area contributed by atoms with E-state index in [2.05, 4.69) is 15.4 Å². The standard InChI is InChI=1S/C5H7N5O2S/c6-5(9-10(11)12)8-2-4-1-7-3-13-4/h1,3H,2H2,(H3,6,8,9). The number of thiazole rings is 1. The number of guanidine groups is 1. The van der Waals surface area contributed by atoms with Gasteiger partial charge < -0.3 is 11.1 Å². The fourth-order valence-electron chi connectivity index (χ4n) is 0.630. The van der Waals surface area contributed by atoms with Gasteiger partial charge in [-0.25, -0.2) is 10.1 Å². The molecule has 0 aliphatic heterocycles. The van der Waals surface area contributed by atoms with Crippen molar-refractivity contribution in [2.24, 2.45) is 10.8 Å². The van der Waals surface area contributed by atoms with E-state index in [0.29, 0.717) is 6.54 Å². The second-order valence-electron chi connectivity index (χ2n) is 2.04. The Labute approximate surface area is 77.4 Å². The normalized spacial score (nSPS) is 11.2. The van der Waals surface area contributed by atoms with Crippen LogP contribution in [0.2, 0.25) is 0 Å². The zero-order valence-corrected chi connectivity index (χ0v) is 7.32. The minimum atomic E-state index is -0.852. The molecule has 70 valence electrons. The van der Waals surface area contributed by atoms with Crippen LogP contribution in [0.5, 0.6) is 0 Å². The molecule has 0 aromatic carbocycles. The van der Waals surface area contributed by atoms with E-state index in [-0.39, 0.29) is 5.96 Å². The van der Waals surface area contributed by atoms with Crippen LogP contribution in [0.25, 0.3) is 0 Å². The monoisotopic (exact) mass is 201 g/mol. The maximum Gasteiger partial charge on any atom is 0.266 e. The average molecular weight is 201 g/mol. The molecule has 0 atom stereocenters. The van der Waals surface area contributed by atoms with Crippen LogP contribution in [0.3, 0.4) is 0 Å². The molecule has 0 saturated carbocycles. The number of aromatic nitrogens is 1. The van der Waals surface area contributed by atoms with Gasteiger partial charge in [0.25, 0.3) is 5.96 Å². The van der Waals surface area contributed by atoms with Crippen LogP contribution in [0.4, 0.5) is 0 Å². The van der Waals surface area contributed by atoms with E-state index in [9.17, 15) is 10.1 Å². The molecule has 0 aliphatic carbocycles. The number of hydrogen-bond donors (Lipinski definition) is 2. The topological polar surface area (TPSA) is 106 Å². The third-order valence-electron chi connectivity index (χ3n) is 1.12. The van der Waals surface area contributed by atoms with Gasteiger partial charge in [0.1, 0.15) is 5.10 Å². The molecular weight excluding hydrogens is 194 g/mol. The Bertz CT molecular complexity index is 309. The van der Waals surface area contributed by atoms with Crippen molar-refractivity contribution in [3.05, 3.63) is 26.7 Å². The van der Waals surface area contributed by atoms with Gasteiger partial charge in [0, 0.05) is 11.1 Å². The molecule has 0 amide bonds. The lowest BCUT2D eigenvalue weighted by Gasteiger charge is -1.97. The number of hydrogen-bond acceptors (Lipinski definition) is 4. The van der Waals surface area contributed by atoms with Crippen molar-refractivity contribution in [2.75, 3.05) is 0 Å². The first-order valence-electron chi connectivity index (χ1n) is 3.28. The van der Waals surface area contributed by atoms with Gasteiger partial charge in [0.15, 0.2) is 5.03 Å². The van der Waals surface area contributed by atoms with Crippen LogP contribution in [0.15, 0.2) is 16.8 Å². The summed E-state index contributed by atoms with van der Waals surface area (Å²) in [4.78, 5) is 14.6. The number of rotatable bonds is 3. The lowest BCUT2D eigenvalue weighted by Crippen LogP contribution is -2.31. The number of nitrogens with one attached hydrogen (secondary N) is 1. The quantitative estimate of drug-likeness (QED) is 0.303. The first kappa shape index (κ1) is 9.39. The first-order chi connectivity index (χ1) is 6.18. The lowest BCUT2D eigenvalue weighted by atomic mass is 10.5. The molecule has 0 bridgehead atoms. The van der Waals surface area contributed by atoms with E-state index in [1.807, 2.05) is 0 Å². The summed E-state index contributed by atoms with van der Waals surface area (Å²) in [5.74, 6) is -0.210. The highest BCUT2D eigenvalue weighted by atomic mass is 32.1. The molecule has 3 N–H and O–H groups in total. The number of hydrazone groups is 1. The van der Waals surface area contributed by atoms with Crippen molar-refractivity contribution in [1.29, 1.82) is 0 Å². The van der Waals surface area contributed by atoms with Crippen LogP contribution in [-0.4, -0.2) is 16.0 Å². The molecule has 13 heavy (non-hydrogen) atoms. The highest BCUT2D eigenvalue weighted by molar-refractivity contribution is 7.09. The van der Waals surface area contributed by atoms with Gasteiger partial charge in [-0.15, -0.1) is 11.3 Å². The van der Waals surface area contributed by atoms with Gasteiger partial charge in [-0.1, -0.05) is 0 Å². The van der Waals surface area contributed by atoms with Gasteiger partial charge in [-0.2, -0.15) is 0 Å². The molecule has 0 unspecified atom stereocenters. The van der Waals surface area contributed by atoms with Gasteiger partial charge in [0.05, 0.1) is 12.1 Å². The molecular formula is C5H7N5O2S.